The summed E-state index contributed by atoms with van der Waals surface area (Å²) >= 11 is 0. The van der Waals surface area contributed by atoms with E-state index in [-0.39, 0.29) is 23.7 Å². The fraction of sp³-hybridized carbons (Fsp3) is 0.241. The van der Waals surface area contributed by atoms with Gasteiger partial charge >= 0.3 is 0 Å². The Morgan fingerprint density at radius 3 is 2.44 bits per heavy atom. The third-order valence-corrected chi connectivity index (χ3v) is 9.07. The van der Waals surface area contributed by atoms with E-state index in [0.29, 0.717) is 47.0 Å². The van der Waals surface area contributed by atoms with Crippen molar-refractivity contribution < 1.29 is 31.1 Å². The van der Waals surface area contributed by atoms with Crippen molar-refractivity contribution in [3.63, 3.8) is 0 Å². The molecule has 2 aromatic heterocycles. The first kappa shape index (κ1) is 28.4. The molecular formula is C29H25F3N6O4S. The van der Waals surface area contributed by atoms with Gasteiger partial charge in [-0.05, 0) is 48.7 Å². The lowest BCUT2D eigenvalue weighted by molar-refractivity contribution is -0.131. The average Bonchev–Trinajstić information content (AvgIpc) is 3.24. The van der Waals surface area contributed by atoms with Crippen molar-refractivity contribution in [2.24, 2.45) is 0 Å². The number of nitrogens with zero attached hydrogens (tertiary/aromatic N) is 5. The van der Waals surface area contributed by atoms with Crippen LogP contribution in [0.25, 0.3) is 22.0 Å². The third-order valence-electron chi connectivity index (χ3n) is 7.67. The predicted octanol–water partition coefficient (Wildman–Crippen LogP) is 4.44. The zero-order chi connectivity index (χ0) is 30.5. The summed E-state index contributed by atoms with van der Waals surface area (Å²) in [6.45, 7) is 4.09. The zero-order valence-corrected chi connectivity index (χ0v) is 23.6. The number of hydrogen-bond acceptors (Lipinski definition) is 8. The fourth-order valence-electron chi connectivity index (χ4n) is 5.76. The Labute approximate surface area is 244 Å². The largest absolute Gasteiger partial charge is 0.480 e. The molecule has 2 bridgehead atoms. The number of halogens is 3. The molecule has 0 radical (unpaired) electrons. The standard InChI is InChI=1S/C29H25F3N6O4S/c1-16(30)29(39)38-20-5-6-21(38)14-37(13-20)27-22-9-17(3-7-24(22)34-15-35-27)18-10-25(28(42-2)33-12-18)36-43(40,41)26-8-4-19(31)11-23(26)32/h3-4,7-12,15,20-21,36H,1,5-6,13-14H2,2H3. The van der Waals surface area contributed by atoms with Crippen molar-refractivity contribution in [1.82, 2.24) is 19.9 Å². The van der Waals surface area contributed by atoms with Gasteiger partial charge in [0, 0.05) is 36.3 Å². The Hall–Kier alpha value is -4.72. The van der Waals surface area contributed by atoms with Gasteiger partial charge in [-0.2, -0.15) is 0 Å². The SMILES string of the molecule is C=C(F)C(=O)N1C2CCC1CN(c1ncnc3ccc(-c4cnc(OC)c(NS(=O)(=O)c5ccc(F)cc5F)c4)cc13)C2. The van der Waals surface area contributed by atoms with Gasteiger partial charge in [-0.15, -0.1) is 0 Å². The van der Waals surface area contributed by atoms with Gasteiger partial charge in [0.1, 0.15) is 34.4 Å². The van der Waals surface area contributed by atoms with Crippen molar-refractivity contribution >= 4 is 38.3 Å². The third kappa shape index (κ3) is 5.22. The van der Waals surface area contributed by atoms with Gasteiger partial charge in [0.05, 0.1) is 24.7 Å². The summed E-state index contributed by atoms with van der Waals surface area (Å²) in [4.78, 5) is 28.5. The van der Waals surface area contributed by atoms with E-state index in [1.54, 1.807) is 17.0 Å². The second kappa shape index (κ2) is 10.8. The van der Waals surface area contributed by atoms with Crippen LogP contribution >= 0.6 is 0 Å². The van der Waals surface area contributed by atoms with Crippen molar-refractivity contribution in [1.29, 1.82) is 0 Å². The summed E-state index contributed by atoms with van der Waals surface area (Å²) in [6, 6.07) is 8.71. The second-order valence-electron chi connectivity index (χ2n) is 10.3. The molecule has 2 fully saturated rings. The first-order valence-electron chi connectivity index (χ1n) is 13.2. The van der Waals surface area contributed by atoms with Crippen LogP contribution < -0.4 is 14.4 Å². The number of carbonyl (C=O) groups is 1. The fourth-order valence-corrected chi connectivity index (χ4v) is 6.87. The Balaban J connectivity index is 1.34. The summed E-state index contributed by atoms with van der Waals surface area (Å²) < 4.78 is 74.8. The van der Waals surface area contributed by atoms with Gasteiger partial charge in [-0.1, -0.05) is 12.6 Å². The summed E-state index contributed by atoms with van der Waals surface area (Å²) in [5.74, 6) is -3.22. The van der Waals surface area contributed by atoms with Crippen LogP contribution in [0.15, 0.2) is 72.3 Å². The van der Waals surface area contributed by atoms with E-state index in [1.807, 2.05) is 6.07 Å². The number of nitrogens with one attached hydrogen (secondary N) is 1. The van der Waals surface area contributed by atoms with Crippen LogP contribution in [0.5, 0.6) is 5.88 Å². The Bertz CT molecular complexity index is 1880. The highest BCUT2D eigenvalue weighted by Gasteiger charge is 2.43. The molecule has 0 saturated carbocycles. The molecule has 2 unspecified atom stereocenters. The van der Waals surface area contributed by atoms with E-state index in [1.165, 1.54) is 25.7 Å². The number of fused-ring (bicyclic) bond motifs is 3. The summed E-state index contributed by atoms with van der Waals surface area (Å²) in [5, 5.41) is 0.709. The molecule has 4 heterocycles. The van der Waals surface area contributed by atoms with E-state index in [9.17, 15) is 26.4 Å². The molecule has 14 heteroatoms. The number of methoxy groups -OCH3 is 1. The first-order chi connectivity index (χ1) is 20.6. The molecule has 0 spiro atoms. The average molecular weight is 611 g/mol. The molecule has 43 heavy (non-hydrogen) atoms. The number of rotatable bonds is 7. The molecule has 2 atom stereocenters. The number of anilines is 2. The van der Waals surface area contributed by atoms with Gasteiger partial charge in [-0.3, -0.25) is 9.52 Å². The van der Waals surface area contributed by atoms with Crippen LogP contribution in [-0.2, 0) is 14.8 Å². The lowest BCUT2D eigenvalue weighted by Gasteiger charge is -2.41. The summed E-state index contributed by atoms with van der Waals surface area (Å²) in [5.41, 5.74) is 1.76. The minimum absolute atomic E-state index is 0.0554. The molecule has 1 amide bonds. The highest BCUT2D eigenvalue weighted by molar-refractivity contribution is 7.92. The maximum atomic E-state index is 14.3. The Kier molecular flexibility index (Phi) is 7.16. The highest BCUT2D eigenvalue weighted by atomic mass is 32.2. The maximum Gasteiger partial charge on any atom is 0.282 e. The molecule has 2 aliphatic rings. The van der Waals surface area contributed by atoms with Crippen LogP contribution in [0.4, 0.5) is 24.7 Å². The van der Waals surface area contributed by atoms with Crippen LogP contribution in [0.1, 0.15) is 12.8 Å². The van der Waals surface area contributed by atoms with E-state index >= 15 is 0 Å². The van der Waals surface area contributed by atoms with E-state index in [0.717, 1.165) is 25.0 Å². The van der Waals surface area contributed by atoms with Gasteiger partial charge in [-0.25, -0.2) is 36.5 Å². The number of pyridine rings is 1. The Morgan fingerprint density at radius 1 is 1.02 bits per heavy atom. The zero-order valence-electron chi connectivity index (χ0n) is 22.8. The van der Waals surface area contributed by atoms with Crippen LogP contribution in [0.3, 0.4) is 0 Å². The quantitative estimate of drug-likeness (QED) is 0.305. The second-order valence-corrected chi connectivity index (χ2v) is 11.9. The van der Waals surface area contributed by atoms with Crippen molar-refractivity contribution in [2.75, 3.05) is 29.8 Å². The van der Waals surface area contributed by atoms with Gasteiger partial charge in [0.25, 0.3) is 15.9 Å². The topological polar surface area (TPSA) is 118 Å². The minimum Gasteiger partial charge on any atom is -0.480 e. The van der Waals surface area contributed by atoms with Gasteiger partial charge < -0.3 is 14.5 Å². The lowest BCUT2D eigenvalue weighted by atomic mass is 10.0. The van der Waals surface area contributed by atoms with E-state index in [4.69, 9.17) is 4.74 Å². The van der Waals surface area contributed by atoms with Crippen molar-refractivity contribution in [2.45, 2.75) is 29.8 Å². The van der Waals surface area contributed by atoms with Crippen molar-refractivity contribution in [3.8, 4) is 17.0 Å². The van der Waals surface area contributed by atoms with Crippen LogP contribution in [0.2, 0.25) is 0 Å². The van der Waals surface area contributed by atoms with Crippen LogP contribution in [0, 0.1) is 11.6 Å². The molecular weight excluding hydrogens is 585 g/mol. The Morgan fingerprint density at radius 2 is 1.77 bits per heavy atom. The molecule has 2 saturated heterocycles. The molecule has 6 rings (SSSR count). The van der Waals surface area contributed by atoms with Crippen molar-refractivity contribution in [3.05, 3.63) is 79.0 Å². The molecule has 2 aliphatic heterocycles. The lowest BCUT2D eigenvalue weighted by Crippen LogP contribution is -2.56. The first-order valence-corrected chi connectivity index (χ1v) is 14.7. The minimum atomic E-state index is -4.46. The van der Waals surface area contributed by atoms with E-state index < -0.39 is 38.3 Å². The summed E-state index contributed by atoms with van der Waals surface area (Å²) in [7, 11) is -3.16. The normalized spacial score (nSPS) is 18.1. The van der Waals surface area contributed by atoms with Crippen LogP contribution in [-0.4, -0.2) is 66.5 Å². The molecule has 4 aromatic rings. The number of ether oxygens (including phenoxy) is 1. The number of hydrogen-bond donors (Lipinski definition) is 1. The number of carbonyl (C=O) groups excluding carboxylic acids is 1. The number of amides is 1. The monoisotopic (exact) mass is 610 g/mol. The number of sulfonamides is 1. The van der Waals surface area contributed by atoms with Gasteiger partial charge in [0.15, 0.2) is 5.83 Å². The maximum absolute atomic E-state index is 14.3. The van der Waals surface area contributed by atoms with E-state index in [2.05, 4.69) is 31.2 Å². The van der Waals surface area contributed by atoms with Gasteiger partial charge in [0.2, 0.25) is 5.88 Å². The number of aromatic nitrogens is 3. The summed E-state index contributed by atoms with van der Waals surface area (Å²) in [6.07, 6.45) is 4.43. The number of piperazine rings is 1. The molecule has 222 valence electrons. The molecule has 0 aliphatic carbocycles. The predicted molar refractivity (Wildman–Crippen MR) is 153 cm³/mol. The molecule has 10 nitrogen and oxygen atoms in total. The number of benzene rings is 2. The smallest absolute Gasteiger partial charge is 0.282 e. The molecule has 1 N–H and O–H groups in total. The highest BCUT2D eigenvalue weighted by Crippen LogP contribution is 2.37. The molecule has 2 aromatic carbocycles.